The highest BCUT2D eigenvalue weighted by molar-refractivity contribution is 7.87. The fourth-order valence-electron chi connectivity index (χ4n) is 5.83. The van der Waals surface area contributed by atoms with Gasteiger partial charge < -0.3 is 9.80 Å². The summed E-state index contributed by atoms with van der Waals surface area (Å²) in [7, 11) is -10.9. The predicted molar refractivity (Wildman–Crippen MR) is 199 cm³/mol. The van der Waals surface area contributed by atoms with E-state index in [0.29, 0.717) is 58.4 Å². The predicted octanol–water partition coefficient (Wildman–Crippen LogP) is 1.43. The average Bonchev–Trinajstić information content (AvgIpc) is 3.43. The average molecular weight is 767 g/mol. The van der Waals surface area contributed by atoms with E-state index in [1.807, 2.05) is 0 Å². The first-order valence-corrected chi connectivity index (χ1v) is 21.0. The van der Waals surface area contributed by atoms with E-state index in [4.69, 9.17) is 14.8 Å². The lowest BCUT2D eigenvalue weighted by Crippen LogP contribution is -2.39. The molecule has 4 heterocycles. The van der Waals surface area contributed by atoms with Gasteiger partial charge in [0.05, 0.1) is 17.3 Å². The van der Waals surface area contributed by atoms with Crippen molar-refractivity contribution in [2.75, 3.05) is 68.4 Å². The van der Waals surface area contributed by atoms with Crippen molar-refractivity contribution in [3.05, 3.63) is 59.2 Å². The van der Waals surface area contributed by atoms with E-state index in [1.165, 1.54) is 30.9 Å². The number of nitrogens with zero attached hydrogens (tertiary/aromatic N) is 8. The summed E-state index contributed by atoms with van der Waals surface area (Å²) in [6, 6.07) is 8.32. The maximum absolute atomic E-state index is 11.5. The second kappa shape index (κ2) is 16.4. The lowest BCUT2D eigenvalue weighted by molar-refractivity contribution is 0.433. The fraction of sp³-hybridized carbons (Fsp3) is 0.484. The molecule has 51 heavy (non-hydrogen) atoms. The standard InChI is InChI=1S/2C15H21N5O2S.CH4O3S/c2*1-11-8-13-14(9-12(11)2)17-10-18-15(13)19-4-3-5-20(7-6-19)23(16,21)22;1-5(2,3)4/h2*8-10H,3-7H2,1-2H3,(H2,16,21,22);1H3,(H,2,3,4). The summed E-state index contributed by atoms with van der Waals surface area (Å²) in [4.78, 5) is 21.8. The van der Waals surface area contributed by atoms with E-state index in [1.54, 1.807) is 12.7 Å². The smallest absolute Gasteiger partial charge is 0.276 e. The Kier molecular flexibility index (Phi) is 12.9. The van der Waals surface area contributed by atoms with Crippen molar-refractivity contribution >= 4 is 64.0 Å². The molecule has 0 radical (unpaired) electrons. The van der Waals surface area contributed by atoms with Gasteiger partial charge in [-0.2, -0.15) is 33.9 Å². The first-order valence-electron chi connectivity index (χ1n) is 16.1. The highest BCUT2D eigenvalue weighted by atomic mass is 32.2. The van der Waals surface area contributed by atoms with Gasteiger partial charge in [-0.15, -0.1) is 0 Å². The molecule has 17 nitrogen and oxygen atoms in total. The van der Waals surface area contributed by atoms with E-state index >= 15 is 0 Å². The summed E-state index contributed by atoms with van der Waals surface area (Å²) < 4.78 is 74.7. The molecule has 0 atom stereocenters. The molecule has 2 aliphatic rings. The third kappa shape index (κ3) is 11.2. The highest BCUT2D eigenvalue weighted by Crippen LogP contribution is 2.28. The third-order valence-electron chi connectivity index (χ3n) is 8.69. The minimum atomic E-state index is -3.67. The van der Waals surface area contributed by atoms with Crippen LogP contribution in [-0.4, -0.2) is 117 Å². The molecule has 20 heteroatoms. The first kappa shape index (κ1) is 40.1. The van der Waals surface area contributed by atoms with Crippen molar-refractivity contribution in [2.24, 2.45) is 10.3 Å². The van der Waals surface area contributed by atoms with E-state index in [9.17, 15) is 25.3 Å². The van der Waals surface area contributed by atoms with E-state index < -0.39 is 30.5 Å². The van der Waals surface area contributed by atoms with E-state index in [-0.39, 0.29) is 0 Å². The van der Waals surface area contributed by atoms with Gasteiger partial charge >= 0.3 is 0 Å². The lowest BCUT2D eigenvalue weighted by Gasteiger charge is -2.23. The highest BCUT2D eigenvalue weighted by Gasteiger charge is 2.25. The molecule has 2 aliphatic heterocycles. The molecule has 2 aromatic heterocycles. The Labute approximate surface area is 299 Å². The lowest BCUT2D eigenvalue weighted by atomic mass is 10.1. The van der Waals surface area contributed by atoms with Crippen LogP contribution in [0.1, 0.15) is 35.1 Å². The second-order valence-electron chi connectivity index (χ2n) is 12.6. The maximum atomic E-state index is 11.5. The van der Waals surface area contributed by atoms with Crippen LogP contribution in [0.2, 0.25) is 0 Å². The molecule has 2 saturated heterocycles. The van der Waals surface area contributed by atoms with Gasteiger partial charge in [-0.3, -0.25) is 4.55 Å². The Morgan fingerprint density at radius 1 is 0.549 bits per heavy atom. The number of hydrogen-bond acceptors (Lipinski definition) is 12. The van der Waals surface area contributed by atoms with Gasteiger partial charge in [-0.05, 0) is 87.1 Å². The molecule has 0 aliphatic carbocycles. The quantitative estimate of drug-likeness (QED) is 0.250. The molecule has 2 fully saturated rings. The number of aromatic nitrogens is 4. The van der Waals surface area contributed by atoms with Gasteiger partial charge in [-0.25, -0.2) is 30.2 Å². The Morgan fingerprint density at radius 2 is 0.882 bits per heavy atom. The van der Waals surface area contributed by atoms with Crippen LogP contribution in [0.5, 0.6) is 0 Å². The molecule has 6 rings (SSSR count). The first-order chi connectivity index (χ1) is 23.7. The van der Waals surface area contributed by atoms with Crippen molar-refractivity contribution in [3.63, 3.8) is 0 Å². The molecule has 280 valence electrons. The van der Waals surface area contributed by atoms with Gasteiger partial charge in [0.2, 0.25) is 0 Å². The zero-order valence-corrected chi connectivity index (χ0v) is 31.8. The summed E-state index contributed by atoms with van der Waals surface area (Å²) in [6.45, 7) is 12.5. The minimum absolute atomic E-state index is 0.370. The van der Waals surface area contributed by atoms with Crippen molar-refractivity contribution < 1.29 is 29.8 Å². The Morgan fingerprint density at radius 3 is 1.22 bits per heavy atom. The van der Waals surface area contributed by atoms with Crippen molar-refractivity contribution in [1.29, 1.82) is 0 Å². The van der Waals surface area contributed by atoms with Gasteiger partial charge in [0, 0.05) is 63.1 Å². The third-order valence-corrected chi connectivity index (χ3v) is 10.9. The topological polar surface area (TPSA) is 239 Å². The molecule has 0 saturated carbocycles. The van der Waals surface area contributed by atoms with Gasteiger partial charge in [0.1, 0.15) is 24.3 Å². The Hall–Kier alpha value is -3.63. The molecule has 2 aromatic carbocycles. The molecular weight excluding hydrogens is 721 g/mol. The summed E-state index contributed by atoms with van der Waals surface area (Å²) in [6.07, 6.45) is 5.27. The van der Waals surface area contributed by atoms with Crippen LogP contribution in [0, 0.1) is 27.7 Å². The molecule has 0 spiro atoms. The molecule has 5 N–H and O–H groups in total. The number of aryl methyl sites for hydroxylation is 4. The van der Waals surface area contributed by atoms with E-state index in [0.717, 1.165) is 46.5 Å². The minimum Gasteiger partial charge on any atom is -0.355 e. The van der Waals surface area contributed by atoms with Crippen LogP contribution in [0.3, 0.4) is 0 Å². The van der Waals surface area contributed by atoms with Crippen LogP contribution < -0.4 is 20.1 Å². The van der Waals surface area contributed by atoms with Crippen LogP contribution >= 0.6 is 0 Å². The van der Waals surface area contributed by atoms with Crippen LogP contribution in [0.25, 0.3) is 21.8 Å². The zero-order chi connectivity index (χ0) is 37.7. The van der Waals surface area contributed by atoms with Crippen LogP contribution in [0.15, 0.2) is 36.9 Å². The zero-order valence-electron chi connectivity index (χ0n) is 29.4. The van der Waals surface area contributed by atoms with E-state index in [2.05, 4.69) is 81.7 Å². The molecule has 0 bridgehead atoms. The van der Waals surface area contributed by atoms with Crippen molar-refractivity contribution in [2.45, 2.75) is 40.5 Å². The normalized spacial score (nSPS) is 16.9. The SMILES string of the molecule is CS(=O)(=O)O.Cc1cc2ncnc(N3CCCN(S(N)(=O)=O)CC3)c2cc1C.Cc1cc2ncnc(N3CCCN(S(N)(=O)=O)CC3)c2cc1C. The summed E-state index contributed by atoms with van der Waals surface area (Å²) in [5, 5.41) is 12.5. The number of nitrogens with two attached hydrogens (primary N) is 2. The Balaban J connectivity index is 0.000000202. The largest absolute Gasteiger partial charge is 0.355 e. The molecule has 0 amide bonds. The monoisotopic (exact) mass is 766 g/mol. The molecular formula is C31H46N10O7S3. The number of rotatable bonds is 4. The van der Waals surface area contributed by atoms with Crippen LogP contribution in [-0.2, 0) is 30.5 Å². The summed E-state index contributed by atoms with van der Waals surface area (Å²) in [5.41, 5.74) is 6.58. The van der Waals surface area contributed by atoms with Crippen molar-refractivity contribution in [3.8, 4) is 0 Å². The fourth-order valence-corrected chi connectivity index (χ4v) is 7.27. The summed E-state index contributed by atoms with van der Waals surface area (Å²) in [5.74, 6) is 1.71. The van der Waals surface area contributed by atoms with Crippen molar-refractivity contribution in [1.82, 2.24) is 28.5 Å². The van der Waals surface area contributed by atoms with Gasteiger partial charge in [0.25, 0.3) is 30.5 Å². The van der Waals surface area contributed by atoms with Crippen LogP contribution in [0.4, 0.5) is 11.6 Å². The number of anilines is 2. The number of benzene rings is 2. The maximum Gasteiger partial charge on any atom is 0.276 e. The Bertz CT molecular complexity index is 2060. The number of hydrogen-bond donors (Lipinski definition) is 3. The van der Waals surface area contributed by atoms with Gasteiger partial charge in [0.15, 0.2) is 0 Å². The summed E-state index contributed by atoms with van der Waals surface area (Å²) >= 11 is 0. The molecule has 0 unspecified atom stereocenters. The molecule has 4 aromatic rings. The van der Waals surface area contributed by atoms with Gasteiger partial charge in [-0.1, -0.05) is 0 Å². The second-order valence-corrected chi connectivity index (χ2v) is 17.2. The number of fused-ring (bicyclic) bond motifs is 2.